The highest BCUT2D eigenvalue weighted by atomic mass is 127. The summed E-state index contributed by atoms with van der Waals surface area (Å²) >= 11 is 2.12. The second-order valence-corrected chi connectivity index (χ2v) is 8.57. The maximum Gasteiger partial charge on any atom is 0.326 e. The first-order valence-electron chi connectivity index (χ1n) is 8.55. The molecule has 0 aliphatic carbocycles. The van der Waals surface area contributed by atoms with Crippen LogP contribution < -0.4 is 5.56 Å². The van der Waals surface area contributed by atoms with Crippen LogP contribution in [0, 0.1) is 0 Å². The summed E-state index contributed by atoms with van der Waals surface area (Å²) in [6, 6.07) is 12.0. The van der Waals surface area contributed by atoms with Crippen LogP contribution in [-0.4, -0.2) is 15.5 Å². The van der Waals surface area contributed by atoms with Crippen LogP contribution in [0.25, 0.3) is 22.3 Å². The Kier molecular flexibility index (Phi) is 3.31. The predicted molar refractivity (Wildman–Crippen MR) is 106 cm³/mol. The number of aromatic nitrogens is 2. The number of para-hydroxylation sites is 1. The van der Waals surface area contributed by atoms with Crippen LogP contribution in [0.15, 0.2) is 41.2 Å². The van der Waals surface area contributed by atoms with Crippen molar-refractivity contribution in [2.75, 3.05) is 0 Å². The zero-order valence-electron chi connectivity index (χ0n) is 14.1. The lowest BCUT2D eigenvalue weighted by Crippen LogP contribution is -2.40. The molecule has 0 unspecified atom stereocenters. The van der Waals surface area contributed by atoms with Gasteiger partial charge in [-0.2, -0.15) is 0 Å². The number of ether oxygens (including phenoxy) is 1. The summed E-state index contributed by atoms with van der Waals surface area (Å²) in [6.07, 6.45) is 0.570. The molecule has 0 fully saturated rings. The molecule has 5 nitrogen and oxygen atoms in total. The van der Waals surface area contributed by atoms with Crippen LogP contribution >= 0.6 is 22.6 Å². The zero-order chi connectivity index (χ0) is 18.1. The maximum absolute atomic E-state index is 13.1. The smallest absolute Gasteiger partial charge is 0.326 e. The number of hydrogen-bond donors (Lipinski definition) is 0. The van der Waals surface area contributed by atoms with Crippen LogP contribution in [-0.2, 0) is 26.1 Å². The predicted octanol–water partition coefficient (Wildman–Crippen LogP) is 3.52. The molecular formula is C20H15IN2O3. The van der Waals surface area contributed by atoms with Crippen molar-refractivity contribution in [2.24, 2.45) is 0 Å². The van der Waals surface area contributed by atoms with E-state index in [9.17, 15) is 9.59 Å². The molecule has 0 saturated carbocycles. The standard InChI is InChI=1S/C20H15IN2O3/c1-2-20(21)14-8-16-17-12(7-11-5-3-4-6-15(11)22-17)9-23(16)18(24)13(14)10-26-19(20)25/h3-8H,2,9-10H2,1H3/t20-/m0/s1. The Hall–Kier alpha value is -2.22. The topological polar surface area (TPSA) is 61.2 Å². The molecule has 4 heterocycles. The lowest BCUT2D eigenvalue weighted by molar-refractivity contribution is -0.149. The van der Waals surface area contributed by atoms with E-state index >= 15 is 0 Å². The minimum absolute atomic E-state index is 0.0454. The Labute approximate surface area is 163 Å². The molecule has 130 valence electrons. The molecular weight excluding hydrogens is 443 g/mol. The van der Waals surface area contributed by atoms with Crippen molar-refractivity contribution in [3.05, 3.63) is 63.4 Å². The number of esters is 1. The van der Waals surface area contributed by atoms with Gasteiger partial charge >= 0.3 is 5.97 Å². The first-order chi connectivity index (χ1) is 12.5. The maximum atomic E-state index is 13.1. The Morgan fingerprint density at radius 1 is 1.27 bits per heavy atom. The van der Waals surface area contributed by atoms with Gasteiger partial charge in [-0.1, -0.05) is 47.7 Å². The molecule has 1 aromatic carbocycles. The van der Waals surface area contributed by atoms with E-state index in [4.69, 9.17) is 9.72 Å². The van der Waals surface area contributed by atoms with Gasteiger partial charge in [-0.3, -0.25) is 9.59 Å². The SMILES string of the molecule is CC[C@@]1(I)C(=O)OCc2c1cc1n(c2=O)Cc2cc3ccccc3nc2-1. The van der Waals surface area contributed by atoms with Crippen molar-refractivity contribution in [1.29, 1.82) is 0 Å². The van der Waals surface area contributed by atoms with Crippen LogP contribution in [0.4, 0.5) is 0 Å². The number of rotatable bonds is 1. The number of nitrogens with zero attached hydrogens (tertiary/aromatic N) is 2. The molecule has 0 N–H and O–H groups in total. The second-order valence-electron chi connectivity index (χ2n) is 6.73. The molecule has 0 saturated heterocycles. The van der Waals surface area contributed by atoms with Crippen molar-refractivity contribution in [3.8, 4) is 11.4 Å². The lowest BCUT2D eigenvalue weighted by atomic mass is 9.90. The number of fused-ring (bicyclic) bond motifs is 5. The van der Waals surface area contributed by atoms with Gasteiger partial charge in [0.1, 0.15) is 10.0 Å². The Morgan fingerprint density at radius 2 is 2.08 bits per heavy atom. The van der Waals surface area contributed by atoms with E-state index in [-0.39, 0.29) is 18.1 Å². The number of cyclic esters (lactones) is 1. The minimum Gasteiger partial charge on any atom is -0.459 e. The highest BCUT2D eigenvalue weighted by Gasteiger charge is 2.44. The van der Waals surface area contributed by atoms with Crippen molar-refractivity contribution < 1.29 is 9.53 Å². The molecule has 2 aliphatic heterocycles. The number of benzene rings is 1. The van der Waals surface area contributed by atoms with E-state index < -0.39 is 3.42 Å². The summed E-state index contributed by atoms with van der Waals surface area (Å²) in [5.41, 5.74) is 4.84. The largest absolute Gasteiger partial charge is 0.459 e. The van der Waals surface area contributed by atoms with Crippen LogP contribution in [0.5, 0.6) is 0 Å². The number of alkyl halides is 1. The summed E-state index contributed by atoms with van der Waals surface area (Å²) in [4.78, 5) is 30.3. The van der Waals surface area contributed by atoms with Gasteiger partial charge < -0.3 is 9.30 Å². The fraction of sp³-hybridized carbons (Fsp3) is 0.250. The summed E-state index contributed by atoms with van der Waals surface area (Å²) < 4.78 is 6.25. The highest BCUT2D eigenvalue weighted by molar-refractivity contribution is 14.1. The molecule has 3 aromatic rings. The van der Waals surface area contributed by atoms with Crippen molar-refractivity contribution in [2.45, 2.75) is 29.9 Å². The van der Waals surface area contributed by atoms with E-state index in [0.29, 0.717) is 18.5 Å². The number of carbonyl (C=O) groups excluding carboxylic acids is 1. The zero-order valence-corrected chi connectivity index (χ0v) is 16.2. The van der Waals surface area contributed by atoms with E-state index in [2.05, 4.69) is 28.7 Å². The summed E-state index contributed by atoms with van der Waals surface area (Å²) in [5, 5.41) is 1.06. The first-order valence-corrected chi connectivity index (χ1v) is 9.63. The average molecular weight is 458 g/mol. The third-order valence-electron chi connectivity index (χ3n) is 5.36. The van der Waals surface area contributed by atoms with E-state index in [0.717, 1.165) is 33.4 Å². The van der Waals surface area contributed by atoms with Gasteiger partial charge in [-0.05, 0) is 30.2 Å². The molecule has 0 amide bonds. The average Bonchev–Trinajstić information content (AvgIpc) is 3.01. The van der Waals surface area contributed by atoms with Gasteiger partial charge in [-0.25, -0.2) is 4.98 Å². The third kappa shape index (κ3) is 1.99. The van der Waals surface area contributed by atoms with Gasteiger partial charge in [0.2, 0.25) is 0 Å². The van der Waals surface area contributed by atoms with Crippen LogP contribution in [0.1, 0.15) is 30.0 Å². The summed E-state index contributed by atoms with van der Waals surface area (Å²) in [7, 11) is 0. The van der Waals surface area contributed by atoms with Gasteiger partial charge in [0.15, 0.2) is 0 Å². The molecule has 6 heteroatoms. The summed E-state index contributed by atoms with van der Waals surface area (Å²) in [6.45, 7) is 2.49. The number of halogens is 1. The quantitative estimate of drug-likeness (QED) is 0.249. The summed E-state index contributed by atoms with van der Waals surface area (Å²) in [5.74, 6) is -0.276. The van der Waals surface area contributed by atoms with Crippen LogP contribution in [0.2, 0.25) is 0 Å². The van der Waals surface area contributed by atoms with Crippen molar-refractivity contribution in [1.82, 2.24) is 9.55 Å². The Morgan fingerprint density at radius 3 is 2.88 bits per heavy atom. The van der Waals surface area contributed by atoms with Gasteiger partial charge in [0.25, 0.3) is 5.56 Å². The molecule has 1 atom stereocenters. The van der Waals surface area contributed by atoms with Gasteiger partial charge in [0.05, 0.1) is 29.0 Å². The molecule has 26 heavy (non-hydrogen) atoms. The van der Waals surface area contributed by atoms with Crippen molar-refractivity contribution in [3.63, 3.8) is 0 Å². The third-order valence-corrected chi connectivity index (χ3v) is 7.14. The molecule has 0 spiro atoms. The number of hydrogen-bond acceptors (Lipinski definition) is 4. The van der Waals surface area contributed by atoms with E-state index in [1.165, 1.54) is 0 Å². The monoisotopic (exact) mass is 458 g/mol. The molecule has 2 aromatic heterocycles. The fourth-order valence-corrected chi connectivity index (χ4v) is 4.54. The number of pyridine rings is 2. The lowest BCUT2D eigenvalue weighted by Gasteiger charge is -2.31. The van der Waals surface area contributed by atoms with Gasteiger partial charge in [0, 0.05) is 10.9 Å². The van der Waals surface area contributed by atoms with Crippen LogP contribution in [0.3, 0.4) is 0 Å². The Balaban J connectivity index is 1.81. The molecule has 0 radical (unpaired) electrons. The van der Waals surface area contributed by atoms with E-state index in [1.807, 2.05) is 37.3 Å². The molecule has 5 rings (SSSR count). The van der Waals surface area contributed by atoms with Gasteiger partial charge in [-0.15, -0.1) is 0 Å². The number of carbonyl (C=O) groups is 1. The fourth-order valence-electron chi connectivity index (χ4n) is 3.90. The Bertz CT molecular complexity index is 1170. The normalized spacial score (nSPS) is 20.5. The molecule has 2 aliphatic rings. The second kappa shape index (κ2) is 5.39. The van der Waals surface area contributed by atoms with E-state index in [1.54, 1.807) is 4.57 Å². The van der Waals surface area contributed by atoms with Crippen molar-refractivity contribution >= 4 is 39.5 Å². The molecule has 0 bridgehead atoms. The highest BCUT2D eigenvalue weighted by Crippen LogP contribution is 2.43. The minimum atomic E-state index is -0.820. The first kappa shape index (κ1) is 16.0.